The van der Waals surface area contributed by atoms with Gasteiger partial charge in [0.15, 0.2) is 5.78 Å². The maximum Gasteiger partial charge on any atom is 0.162 e. The van der Waals surface area contributed by atoms with Crippen molar-refractivity contribution in [2.45, 2.75) is 39.7 Å². The number of hydrogen-bond donors (Lipinski definition) is 0. The standard InChI is InChI=1S/C10H16N2O/c1-4-10(5-2)12-7-9(6-11-12)8(3)13/h6-7,10H,4-5H2,1-3H3. The molecule has 13 heavy (non-hydrogen) atoms. The Kier molecular flexibility index (Phi) is 3.23. The second kappa shape index (κ2) is 4.21. The van der Waals surface area contributed by atoms with Gasteiger partial charge in [0.2, 0.25) is 0 Å². The number of carbonyl (C=O) groups is 1. The van der Waals surface area contributed by atoms with Crippen LogP contribution in [0.5, 0.6) is 0 Å². The van der Waals surface area contributed by atoms with Crippen molar-refractivity contribution < 1.29 is 4.79 Å². The molecule has 0 unspecified atom stereocenters. The summed E-state index contributed by atoms with van der Waals surface area (Å²) in [4.78, 5) is 11.0. The maximum atomic E-state index is 11.0. The fraction of sp³-hybridized carbons (Fsp3) is 0.600. The Morgan fingerprint density at radius 2 is 2.15 bits per heavy atom. The quantitative estimate of drug-likeness (QED) is 0.667. The van der Waals surface area contributed by atoms with E-state index in [4.69, 9.17) is 0 Å². The predicted molar refractivity (Wildman–Crippen MR) is 51.9 cm³/mol. The summed E-state index contributed by atoms with van der Waals surface area (Å²) in [5.74, 6) is 0.0807. The number of hydrogen-bond acceptors (Lipinski definition) is 2. The highest BCUT2D eigenvalue weighted by molar-refractivity contribution is 5.93. The molecule has 0 saturated carbocycles. The predicted octanol–water partition coefficient (Wildman–Crippen LogP) is 2.45. The molecule has 72 valence electrons. The first-order valence-corrected chi connectivity index (χ1v) is 4.74. The Morgan fingerprint density at radius 3 is 2.54 bits per heavy atom. The van der Waals surface area contributed by atoms with Crippen molar-refractivity contribution >= 4 is 5.78 Å². The molecule has 0 spiro atoms. The van der Waals surface area contributed by atoms with Crippen LogP contribution in [0.25, 0.3) is 0 Å². The summed E-state index contributed by atoms with van der Waals surface area (Å²) in [7, 11) is 0. The smallest absolute Gasteiger partial charge is 0.162 e. The van der Waals surface area contributed by atoms with Crippen LogP contribution in [0.4, 0.5) is 0 Å². The van der Waals surface area contributed by atoms with Crippen molar-refractivity contribution in [2.24, 2.45) is 0 Å². The molecule has 0 fully saturated rings. The minimum absolute atomic E-state index is 0.0807. The molecule has 0 bridgehead atoms. The molecular weight excluding hydrogens is 164 g/mol. The van der Waals surface area contributed by atoms with Gasteiger partial charge >= 0.3 is 0 Å². The van der Waals surface area contributed by atoms with Crippen LogP contribution in [0, 0.1) is 0 Å². The number of Topliss-reactive ketones (excluding diaryl/α,β-unsaturated/α-hetero) is 1. The average Bonchev–Trinajstić information content (AvgIpc) is 2.56. The lowest BCUT2D eigenvalue weighted by atomic mass is 10.2. The van der Waals surface area contributed by atoms with E-state index in [1.54, 1.807) is 13.1 Å². The first-order chi connectivity index (χ1) is 6.19. The molecule has 0 aliphatic heterocycles. The minimum atomic E-state index is 0.0807. The molecule has 0 aromatic carbocycles. The third-order valence-electron chi connectivity index (χ3n) is 2.32. The summed E-state index contributed by atoms with van der Waals surface area (Å²) in [6.45, 7) is 5.82. The van der Waals surface area contributed by atoms with Crippen LogP contribution < -0.4 is 0 Å². The van der Waals surface area contributed by atoms with Crippen molar-refractivity contribution in [3.8, 4) is 0 Å². The Balaban J connectivity index is 2.84. The van der Waals surface area contributed by atoms with Crippen LogP contribution in [-0.2, 0) is 0 Å². The van der Waals surface area contributed by atoms with E-state index < -0.39 is 0 Å². The number of nitrogens with zero attached hydrogens (tertiary/aromatic N) is 2. The number of carbonyl (C=O) groups excluding carboxylic acids is 1. The van der Waals surface area contributed by atoms with Crippen molar-refractivity contribution in [2.75, 3.05) is 0 Å². The van der Waals surface area contributed by atoms with Gasteiger partial charge in [0, 0.05) is 6.20 Å². The lowest BCUT2D eigenvalue weighted by molar-refractivity contribution is 0.101. The van der Waals surface area contributed by atoms with Gasteiger partial charge in [0.25, 0.3) is 0 Å². The largest absolute Gasteiger partial charge is 0.294 e. The molecule has 0 amide bonds. The zero-order valence-corrected chi connectivity index (χ0v) is 8.45. The fourth-order valence-corrected chi connectivity index (χ4v) is 1.38. The van der Waals surface area contributed by atoms with Crippen LogP contribution in [-0.4, -0.2) is 15.6 Å². The van der Waals surface area contributed by atoms with Crippen LogP contribution in [0.15, 0.2) is 12.4 Å². The van der Waals surface area contributed by atoms with Gasteiger partial charge in [-0.25, -0.2) is 0 Å². The summed E-state index contributed by atoms with van der Waals surface area (Å²) in [6.07, 6.45) is 5.58. The monoisotopic (exact) mass is 180 g/mol. The molecular formula is C10H16N2O. The summed E-state index contributed by atoms with van der Waals surface area (Å²) in [5, 5.41) is 4.18. The zero-order chi connectivity index (χ0) is 9.84. The van der Waals surface area contributed by atoms with Crippen LogP contribution in [0.3, 0.4) is 0 Å². The van der Waals surface area contributed by atoms with E-state index in [-0.39, 0.29) is 5.78 Å². The van der Waals surface area contributed by atoms with Crippen molar-refractivity contribution in [1.82, 2.24) is 9.78 Å². The van der Waals surface area contributed by atoms with E-state index in [1.165, 1.54) is 0 Å². The van der Waals surface area contributed by atoms with E-state index in [9.17, 15) is 4.79 Å². The molecule has 3 nitrogen and oxygen atoms in total. The van der Waals surface area contributed by atoms with Gasteiger partial charge in [0.05, 0.1) is 17.8 Å². The van der Waals surface area contributed by atoms with Gasteiger partial charge in [0.1, 0.15) is 0 Å². The summed E-state index contributed by atoms with van der Waals surface area (Å²) in [5.41, 5.74) is 0.701. The number of ketones is 1. The van der Waals surface area contributed by atoms with Crippen LogP contribution >= 0.6 is 0 Å². The lowest BCUT2D eigenvalue weighted by Gasteiger charge is -2.11. The Morgan fingerprint density at radius 1 is 1.54 bits per heavy atom. The molecule has 0 aliphatic carbocycles. The Labute approximate surface area is 78.8 Å². The topological polar surface area (TPSA) is 34.9 Å². The van der Waals surface area contributed by atoms with Gasteiger partial charge in [-0.2, -0.15) is 5.10 Å². The third kappa shape index (κ3) is 2.17. The van der Waals surface area contributed by atoms with Crippen molar-refractivity contribution in [3.63, 3.8) is 0 Å². The molecule has 0 atom stereocenters. The summed E-state index contributed by atoms with van der Waals surface area (Å²) >= 11 is 0. The first-order valence-electron chi connectivity index (χ1n) is 4.74. The molecule has 1 aromatic rings. The molecule has 1 rings (SSSR count). The number of rotatable bonds is 4. The molecule has 1 heterocycles. The van der Waals surface area contributed by atoms with Gasteiger partial charge < -0.3 is 0 Å². The van der Waals surface area contributed by atoms with Crippen LogP contribution in [0.1, 0.15) is 50.0 Å². The highest BCUT2D eigenvalue weighted by Crippen LogP contribution is 2.14. The van der Waals surface area contributed by atoms with Gasteiger partial charge in [-0.15, -0.1) is 0 Å². The van der Waals surface area contributed by atoms with Gasteiger partial charge in [-0.05, 0) is 19.8 Å². The molecule has 0 N–H and O–H groups in total. The second-order valence-corrected chi connectivity index (χ2v) is 3.24. The SMILES string of the molecule is CCC(CC)n1cc(C(C)=O)cn1. The second-order valence-electron chi connectivity index (χ2n) is 3.24. The zero-order valence-electron chi connectivity index (χ0n) is 8.45. The highest BCUT2D eigenvalue weighted by Gasteiger charge is 2.09. The average molecular weight is 180 g/mol. The summed E-state index contributed by atoms with van der Waals surface area (Å²) in [6, 6.07) is 0.424. The van der Waals surface area contributed by atoms with E-state index in [0.29, 0.717) is 11.6 Å². The lowest BCUT2D eigenvalue weighted by Crippen LogP contribution is -2.07. The maximum absolute atomic E-state index is 11.0. The Hall–Kier alpha value is -1.12. The third-order valence-corrected chi connectivity index (χ3v) is 2.32. The first kappa shape index (κ1) is 9.96. The minimum Gasteiger partial charge on any atom is -0.294 e. The van der Waals surface area contributed by atoms with E-state index in [2.05, 4.69) is 18.9 Å². The molecule has 0 saturated heterocycles. The number of aromatic nitrogens is 2. The molecule has 3 heteroatoms. The molecule has 0 aliphatic rings. The van der Waals surface area contributed by atoms with Gasteiger partial charge in [-0.1, -0.05) is 13.8 Å². The highest BCUT2D eigenvalue weighted by atomic mass is 16.1. The van der Waals surface area contributed by atoms with Crippen LogP contribution in [0.2, 0.25) is 0 Å². The molecule has 1 aromatic heterocycles. The van der Waals surface area contributed by atoms with E-state index in [0.717, 1.165) is 12.8 Å². The molecule has 0 radical (unpaired) electrons. The van der Waals surface area contributed by atoms with E-state index in [1.807, 2.05) is 10.9 Å². The van der Waals surface area contributed by atoms with E-state index >= 15 is 0 Å². The van der Waals surface area contributed by atoms with Gasteiger partial charge in [-0.3, -0.25) is 9.48 Å². The van der Waals surface area contributed by atoms with Crippen molar-refractivity contribution in [1.29, 1.82) is 0 Å². The van der Waals surface area contributed by atoms with Crippen molar-refractivity contribution in [3.05, 3.63) is 18.0 Å². The normalized spacial score (nSPS) is 10.8. The fourth-order valence-electron chi connectivity index (χ4n) is 1.38. The summed E-state index contributed by atoms with van der Waals surface area (Å²) < 4.78 is 1.89. The Bertz CT molecular complexity index is 287.